The number of hydrogen-bond acceptors (Lipinski definition) is 1. The number of rotatable bonds is 12. The zero-order chi connectivity index (χ0) is 27.3. The van der Waals surface area contributed by atoms with Gasteiger partial charge in [0.05, 0.1) is 0 Å². The predicted octanol–water partition coefficient (Wildman–Crippen LogP) is 10.7. The van der Waals surface area contributed by atoms with Crippen molar-refractivity contribution in [2.45, 2.75) is 86.5 Å². The predicted molar refractivity (Wildman–Crippen MR) is 166 cm³/mol. The van der Waals surface area contributed by atoms with Crippen LogP contribution in [0.1, 0.15) is 81.2 Å². The van der Waals surface area contributed by atoms with E-state index in [1.807, 2.05) is 13.0 Å². The molecule has 0 heterocycles. The molecule has 196 valence electrons. The van der Waals surface area contributed by atoms with Crippen LogP contribution in [0, 0.1) is 13.8 Å². The fraction of sp³-hybridized carbons (Fsp3) is 0.371. The number of nitrogens with one attached hydrogen (secondary N) is 1. The quantitative estimate of drug-likeness (QED) is 0.179. The minimum absolute atomic E-state index is 0.980. The van der Waals surface area contributed by atoms with Gasteiger partial charge in [-0.3, -0.25) is 0 Å². The van der Waals surface area contributed by atoms with Crippen molar-refractivity contribution in [3.8, 4) is 0 Å². The van der Waals surface area contributed by atoms with E-state index in [-0.39, 0.29) is 0 Å². The van der Waals surface area contributed by atoms with E-state index in [0.29, 0.717) is 0 Å². The molecule has 2 aromatic carbocycles. The summed E-state index contributed by atoms with van der Waals surface area (Å²) in [6, 6.07) is 13.6. The van der Waals surface area contributed by atoms with Gasteiger partial charge in [-0.05, 0) is 105 Å². The maximum Gasteiger partial charge on any atom is 0.0389 e. The molecule has 0 spiro atoms. The Morgan fingerprint density at radius 2 is 1.58 bits per heavy atom. The lowest BCUT2D eigenvalue weighted by Gasteiger charge is -2.11. The van der Waals surface area contributed by atoms with Gasteiger partial charge in [0.1, 0.15) is 0 Å². The number of unbranched alkanes of at least 4 members (excludes halogenated alkanes) is 3. The summed E-state index contributed by atoms with van der Waals surface area (Å²) in [6.07, 6.45) is 16.5. The summed E-state index contributed by atoms with van der Waals surface area (Å²) in [6.45, 7) is 26.3. The third kappa shape index (κ3) is 13.7. The molecule has 0 aliphatic rings. The van der Waals surface area contributed by atoms with Crippen molar-refractivity contribution in [1.82, 2.24) is 0 Å². The summed E-state index contributed by atoms with van der Waals surface area (Å²) in [4.78, 5) is 0. The van der Waals surface area contributed by atoms with Crippen LogP contribution in [-0.4, -0.2) is 0 Å². The molecule has 1 heteroatoms. The molecule has 2 aromatic rings. The Labute approximate surface area is 223 Å². The van der Waals surface area contributed by atoms with Gasteiger partial charge >= 0.3 is 0 Å². The van der Waals surface area contributed by atoms with Gasteiger partial charge in [-0.1, -0.05) is 81.7 Å². The first kappa shape index (κ1) is 32.9. The van der Waals surface area contributed by atoms with Gasteiger partial charge < -0.3 is 5.32 Å². The minimum atomic E-state index is 0.980. The molecule has 0 aromatic heterocycles. The standard InChI is InChI=1S/C30H41N.C3H6.C2H4/c1-7-10-11-12-13-28-21-27(16-15-25(28)6)18-23(4)14-17-29(9-3)31-30-20-24(5)19-26(8-2)22-30;1-3-2;1-2/h9,14-17,19-22,31H,3,7-8,10-13,18H2,1-2,4-6H3;3H,1H2,2H3;1-2H2/b23-14-,29-17+;;. The summed E-state index contributed by atoms with van der Waals surface area (Å²) in [7, 11) is 0. The van der Waals surface area contributed by atoms with Gasteiger partial charge in [0.2, 0.25) is 0 Å². The molecular formula is C35H51N. The molecule has 0 unspecified atom stereocenters. The highest BCUT2D eigenvalue weighted by molar-refractivity contribution is 5.54. The van der Waals surface area contributed by atoms with Crippen molar-refractivity contribution in [2.24, 2.45) is 0 Å². The first-order valence-corrected chi connectivity index (χ1v) is 13.4. The monoisotopic (exact) mass is 485 g/mol. The van der Waals surface area contributed by atoms with Gasteiger partial charge in [0.15, 0.2) is 0 Å². The second-order valence-electron chi connectivity index (χ2n) is 9.18. The number of benzene rings is 2. The Bertz CT molecular complexity index is 974. The molecule has 0 saturated carbocycles. The normalized spacial score (nSPS) is 10.9. The summed E-state index contributed by atoms with van der Waals surface area (Å²) in [5.41, 5.74) is 10.5. The maximum absolute atomic E-state index is 3.99. The van der Waals surface area contributed by atoms with Gasteiger partial charge in [0, 0.05) is 11.4 Å². The summed E-state index contributed by atoms with van der Waals surface area (Å²) in [5.74, 6) is 0. The van der Waals surface area contributed by atoms with Crippen LogP contribution in [0.3, 0.4) is 0 Å². The van der Waals surface area contributed by atoms with Crippen molar-refractivity contribution in [2.75, 3.05) is 5.32 Å². The highest BCUT2D eigenvalue weighted by Crippen LogP contribution is 2.19. The van der Waals surface area contributed by atoms with Crippen LogP contribution in [0.15, 0.2) is 98.3 Å². The third-order valence-corrected chi connectivity index (χ3v) is 5.80. The topological polar surface area (TPSA) is 12.0 Å². The molecule has 0 atom stereocenters. The second-order valence-corrected chi connectivity index (χ2v) is 9.18. The molecule has 0 radical (unpaired) electrons. The van der Waals surface area contributed by atoms with E-state index in [4.69, 9.17) is 0 Å². The molecule has 2 rings (SSSR count). The largest absolute Gasteiger partial charge is 0.356 e. The van der Waals surface area contributed by atoms with Crippen LogP contribution in [-0.2, 0) is 19.3 Å². The Morgan fingerprint density at radius 1 is 0.889 bits per heavy atom. The molecule has 0 saturated heterocycles. The number of anilines is 1. The molecular weight excluding hydrogens is 434 g/mol. The van der Waals surface area contributed by atoms with E-state index in [1.54, 1.807) is 6.08 Å². The lowest BCUT2D eigenvalue weighted by molar-refractivity contribution is 0.665. The van der Waals surface area contributed by atoms with Crippen LogP contribution in [0.5, 0.6) is 0 Å². The Hall–Kier alpha value is -3.06. The first-order chi connectivity index (χ1) is 17.4. The molecule has 36 heavy (non-hydrogen) atoms. The molecule has 0 fully saturated rings. The molecule has 0 aliphatic heterocycles. The average Bonchev–Trinajstić information content (AvgIpc) is 2.87. The lowest BCUT2D eigenvalue weighted by Crippen LogP contribution is -1.98. The van der Waals surface area contributed by atoms with E-state index in [0.717, 1.165) is 24.2 Å². The third-order valence-electron chi connectivity index (χ3n) is 5.80. The van der Waals surface area contributed by atoms with E-state index in [2.05, 4.69) is 115 Å². The van der Waals surface area contributed by atoms with Gasteiger partial charge in [-0.25, -0.2) is 0 Å². The van der Waals surface area contributed by atoms with Crippen LogP contribution in [0.4, 0.5) is 5.69 Å². The van der Waals surface area contributed by atoms with Crippen LogP contribution in [0.2, 0.25) is 0 Å². The SMILES string of the molecule is C=C.C=C/C(=C\C=C(\C)Cc1ccc(C)c(CCCCCC)c1)Nc1cc(C)cc(CC)c1.C=CC. The fourth-order valence-corrected chi connectivity index (χ4v) is 3.93. The first-order valence-electron chi connectivity index (χ1n) is 13.4. The average molecular weight is 486 g/mol. The minimum Gasteiger partial charge on any atom is -0.356 e. The van der Waals surface area contributed by atoms with E-state index in [1.165, 1.54) is 65.5 Å². The Balaban J connectivity index is 0.00000227. The van der Waals surface area contributed by atoms with Crippen molar-refractivity contribution in [3.05, 3.63) is 126 Å². The molecule has 0 amide bonds. The summed E-state index contributed by atoms with van der Waals surface area (Å²) < 4.78 is 0. The van der Waals surface area contributed by atoms with Crippen molar-refractivity contribution in [1.29, 1.82) is 0 Å². The molecule has 1 nitrogen and oxygen atoms in total. The Morgan fingerprint density at radius 3 is 2.19 bits per heavy atom. The van der Waals surface area contributed by atoms with Crippen molar-refractivity contribution < 1.29 is 0 Å². The van der Waals surface area contributed by atoms with Gasteiger partial charge in [-0.2, -0.15) is 0 Å². The van der Waals surface area contributed by atoms with E-state index >= 15 is 0 Å². The summed E-state index contributed by atoms with van der Waals surface area (Å²) >= 11 is 0. The van der Waals surface area contributed by atoms with Crippen LogP contribution >= 0.6 is 0 Å². The number of allylic oxidation sites excluding steroid dienone is 5. The Kier molecular flexibility index (Phi) is 18.5. The van der Waals surface area contributed by atoms with Crippen molar-refractivity contribution in [3.63, 3.8) is 0 Å². The van der Waals surface area contributed by atoms with Crippen molar-refractivity contribution >= 4 is 5.69 Å². The number of aryl methyl sites for hydroxylation is 4. The second kappa shape index (κ2) is 20.2. The molecule has 1 N–H and O–H groups in total. The highest BCUT2D eigenvalue weighted by Gasteiger charge is 2.03. The van der Waals surface area contributed by atoms with E-state index < -0.39 is 0 Å². The smallest absolute Gasteiger partial charge is 0.0389 e. The number of hydrogen-bond donors (Lipinski definition) is 1. The maximum atomic E-state index is 3.99. The zero-order valence-corrected chi connectivity index (χ0v) is 24.1. The van der Waals surface area contributed by atoms with Gasteiger partial charge in [0.25, 0.3) is 0 Å². The molecule has 0 bridgehead atoms. The zero-order valence-electron chi connectivity index (χ0n) is 24.1. The van der Waals surface area contributed by atoms with Crippen LogP contribution < -0.4 is 5.32 Å². The van der Waals surface area contributed by atoms with Gasteiger partial charge in [-0.15, -0.1) is 19.7 Å². The molecule has 0 aliphatic carbocycles. The fourth-order valence-electron chi connectivity index (χ4n) is 3.93. The summed E-state index contributed by atoms with van der Waals surface area (Å²) in [5, 5.41) is 3.51. The highest BCUT2D eigenvalue weighted by atomic mass is 14.9. The lowest BCUT2D eigenvalue weighted by atomic mass is 9.96. The van der Waals surface area contributed by atoms with Crippen LogP contribution in [0.25, 0.3) is 0 Å². The van der Waals surface area contributed by atoms with E-state index in [9.17, 15) is 0 Å².